The third-order valence-corrected chi connectivity index (χ3v) is 3.88. The molecule has 0 saturated carbocycles. The maximum Gasteiger partial charge on any atom is 0.233 e. The number of aromatic nitrogens is 2. The lowest BCUT2D eigenvalue weighted by atomic mass is 9.87. The molecule has 0 aliphatic carbocycles. The molecule has 0 aromatic carbocycles. The summed E-state index contributed by atoms with van der Waals surface area (Å²) in [7, 11) is 0. The van der Waals surface area contributed by atoms with Crippen LogP contribution in [0.5, 0.6) is 5.88 Å². The summed E-state index contributed by atoms with van der Waals surface area (Å²) in [4.78, 5) is 2.53. The highest BCUT2D eigenvalue weighted by Gasteiger charge is 2.33. The first kappa shape index (κ1) is 11.2. The van der Waals surface area contributed by atoms with Crippen molar-refractivity contribution in [2.24, 2.45) is 5.92 Å². The molecule has 2 fully saturated rings. The van der Waals surface area contributed by atoms with Crippen molar-refractivity contribution in [2.45, 2.75) is 25.4 Å². The van der Waals surface area contributed by atoms with Crippen LogP contribution in [-0.4, -0.2) is 40.8 Å². The molecule has 3 unspecified atom stereocenters. The van der Waals surface area contributed by atoms with E-state index >= 15 is 0 Å². The second-order valence-electron chi connectivity index (χ2n) is 4.84. The first-order chi connectivity index (χ1) is 8.31. The lowest BCUT2D eigenvalue weighted by Crippen LogP contribution is -2.49. The third-order valence-electron chi connectivity index (χ3n) is 3.68. The zero-order chi connectivity index (χ0) is 11.7. The molecule has 0 radical (unpaired) electrons. The number of piperidine rings is 2. The summed E-state index contributed by atoms with van der Waals surface area (Å²) in [6.45, 7) is 3.57. The Balaban J connectivity index is 1.66. The van der Waals surface area contributed by atoms with Gasteiger partial charge in [-0.15, -0.1) is 10.2 Å². The molecule has 5 heteroatoms. The Kier molecular flexibility index (Phi) is 3.16. The smallest absolute Gasteiger partial charge is 0.233 e. The topological polar surface area (TPSA) is 38.2 Å². The Morgan fingerprint density at radius 3 is 3.00 bits per heavy atom. The number of hydrogen-bond acceptors (Lipinski definition) is 4. The average Bonchev–Trinajstić information content (AvgIpc) is 2.36. The molecule has 0 spiro atoms. The SMILES string of the molecule is Clc1ccc(OC2CCN3CCCC2C3)nn1. The Bertz CT molecular complexity index is 384. The van der Waals surface area contributed by atoms with Crippen molar-refractivity contribution in [3.8, 4) is 5.88 Å². The Hall–Kier alpha value is -0.870. The van der Waals surface area contributed by atoms with Gasteiger partial charge in [0, 0.05) is 25.1 Å². The second kappa shape index (κ2) is 4.78. The first-order valence-corrected chi connectivity index (χ1v) is 6.57. The Labute approximate surface area is 106 Å². The molecule has 4 nitrogen and oxygen atoms in total. The van der Waals surface area contributed by atoms with E-state index in [1.54, 1.807) is 12.1 Å². The molecule has 1 aromatic rings. The van der Waals surface area contributed by atoms with Gasteiger partial charge in [0.15, 0.2) is 5.15 Å². The molecule has 0 amide bonds. The van der Waals surface area contributed by atoms with Crippen molar-refractivity contribution >= 4 is 11.6 Å². The predicted octanol–water partition coefficient (Wildman–Crippen LogP) is 1.99. The molecule has 3 atom stereocenters. The first-order valence-electron chi connectivity index (χ1n) is 6.19. The van der Waals surface area contributed by atoms with Crippen LogP contribution in [0.25, 0.3) is 0 Å². The van der Waals surface area contributed by atoms with Crippen molar-refractivity contribution < 1.29 is 4.74 Å². The molecule has 3 rings (SSSR count). The second-order valence-corrected chi connectivity index (χ2v) is 5.23. The minimum absolute atomic E-state index is 0.294. The number of halogens is 1. The van der Waals surface area contributed by atoms with E-state index in [1.165, 1.54) is 25.9 Å². The number of nitrogens with zero attached hydrogens (tertiary/aromatic N) is 3. The number of hydrogen-bond donors (Lipinski definition) is 0. The molecule has 2 saturated heterocycles. The molecule has 0 N–H and O–H groups in total. The highest BCUT2D eigenvalue weighted by atomic mass is 35.5. The van der Waals surface area contributed by atoms with Crippen molar-refractivity contribution in [3.05, 3.63) is 17.3 Å². The van der Waals surface area contributed by atoms with Gasteiger partial charge in [-0.05, 0) is 31.9 Å². The largest absolute Gasteiger partial charge is 0.473 e. The molecular weight excluding hydrogens is 238 g/mol. The van der Waals surface area contributed by atoms with Crippen LogP contribution in [-0.2, 0) is 0 Å². The van der Waals surface area contributed by atoms with E-state index in [2.05, 4.69) is 15.1 Å². The summed E-state index contributed by atoms with van der Waals surface area (Å²) in [5, 5.41) is 8.17. The number of ether oxygens (including phenoxy) is 1. The Morgan fingerprint density at radius 1 is 1.24 bits per heavy atom. The van der Waals surface area contributed by atoms with Gasteiger partial charge in [0.25, 0.3) is 0 Å². The zero-order valence-corrected chi connectivity index (χ0v) is 10.4. The van der Waals surface area contributed by atoms with Gasteiger partial charge in [0.2, 0.25) is 5.88 Å². The number of rotatable bonds is 2. The quantitative estimate of drug-likeness (QED) is 0.808. The van der Waals surface area contributed by atoms with Gasteiger partial charge in [-0.1, -0.05) is 11.6 Å². The standard InChI is InChI=1S/C12H16ClN3O/c13-11-3-4-12(15-14-11)17-10-5-7-16-6-1-2-9(10)8-16/h3-4,9-10H,1-2,5-8H2. The fourth-order valence-electron chi connectivity index (χ4n) is 2.82. The fraction of sp³-hybridized carbons (Fsp3) is 0.667. The number of fused-ring (bicyclic) bond motifs is 2. The predicted molar refractivity (Wildman–Crippen MR) is 65.2 cm³/mol. The summed E-state index contributed by atoms with van der Waals surface area (Å²) in [5.74, 6) is 1.24. The minimum atomic E-state index is 0.294. The van der Waals surface area contributed by atoms with Gasteiger partial charge in [-0.3, -0.25) is 0 Å². The van der Waals surface area contributed by atoms with Crippen LogP contribution in [0.15, 0.2) is 12.1 Å². The summed E-state index contributed by atoms with van der Waals surface area (Å²) in [5.41, 5.74) is 0. The van der Waals surface area contributed by atoms with Crippen LogP contribution in [0.3, 0.4) is 0 Å². The highest BCUT2D eigenvalue weighted by Crippen LogP contribution is 2.29. The monoisotopic (exact) mass is 253 g/mol. The third kappa shape index (κ3) is 2.53. The molecule has 3 heterocycles. The van der Waals surface area contributed by atoms with Crippen LogP contribution in [0, 0.1) is 5.92 Å². The van der Waals surface area contributed by atoms with Crippen LogP contribution in [0.1, 0.15) is 19.3 Å². The molecule has 2 aliphatic heterocycles. The normalized spacial score (nSPS) is 32.2. The van der Waals surface area contributed by atoms with Crippen LogP contribution in [0.4, 0.5) is 0 Å². The Morgan fingerprint density at radius 2 is 2.18 bits per heavy atom. The van der Waals surface area contributed by atoms with Crippen LogP contribution < -0.4 is 4.74 Å². The van der Waals surface area contributed by atoms with E-state index in [4.69, 9.17) is 16.3 Å². The molecule has 2 bridgehead atoms. The lowest BCUT2D eigenvalue weighted by molar-refractivity contribution is 0.0123. The van der Waals surface area contributed by atoms with Gasteiger partial charge >= 0.3 is 0 Å². The zero-order valence-electron chi connectivity index (χ0n) is 9.68. The lowest BCUT2D eigenvalue weighted by Gasteiger charge is -2.42. The van der Waals surface area contributed by atoms with Crippen molar-refractivity contribution in [3.63, 3.8) is 0 Å². The van der Waals surface area contributed by atoms with E-state index in [-0.39, 0.29) is 0 Å². The van der Waals surface area contributed by atoms with E-state index < -0.39 is 0 Å². The summed E-state index contributed by atoms with van der Waals surface area (Å²) < 4.78 is 5.94. The van der Waals surface area contributed by atoms with E-state index in [1.807, 2.05) is 0 Å². The summed E-state index contributed by atoms with van der Waals surface area (Å²) in [6, 6.07) is 3.52. The average molecular weight is 254 g/mol. The van der Waals surface area contributed by atoms with E-state index in [0.717, 1.165) is 13.0 Å². The summed E-state index contributed by atoms with van der Waals surface area (Å²) >= 11 is 5.70. The summed E-state index contributed by atoms with van der Waals surface area (Å²) in [6.07, 6.45) is 3.94. The molecule has 2 aliphatic rings. The van der Waals surface area contributed by atoms with Gasteiger partial charge in [-0.25, -0.2) is 0 Å². The van der Waals surface area contributed by atoms with E-state index in [0.29, 0.717) is 23.1 Å². The maximum atomic E-state index is 5.94. The van der Waals surface area contributed by atoms with Crippen LogP contribution in [0.2, 0.25) is 5.15 Å². The van der Waals surface area contributed by atoms with Crippen molar-refractivity contribution in [1.29, 1.82) is 0 Å². The van der Waals surface area contributed by atoms with Crippen molar-refractivity contribution in [1.82, 2.24) is 15.1 Å². The molecule has 17 heavy (non-hydrogen) atoms. The van der Waals surface area contributed by atoms with Crippen LogP contribution >= 0.6 is 11.6 Å². The van der Waals surface area contributed by atoms with Gasteiger partial charge in [0.1, 0.15) is 6.10 Å². The minimum Gasteiger partial charge on any atom is -0.473 e. The van der Waals surface area contributed by atoms with Gasteiger partial charge in [0.05, 0.1) is 0 Å². The van der Waals surface area contributed by atoms with E-state index in [9.17, 15) is 0 Å². The highest BCUT2D eigenvalue weighted by molar-refractivity contribution is 6.29. The maximum absolute atomic E-state index is 5.94. The molecule has 1 aromatic heterocycles. The van der Waals surface area contributed by atoms with Gasteiger partial charge in [-0.2, -0.15) is 0 Å². The molecular formula is C12H16ClN3O. The van der Waals surface area contributed by atoms with Crippen molar-refractivity contribution in [2.75, 3.05) is 19.6 Å². The molecule has 92 valence electrons. The van der Waals surface area contributed by atoms with Gasteiger partial charge < -0.3 is 9.64 Å². The fourth-order valence-corrected chi connectivity index (χ4v) is 2.92.